The van der Waals surface area contributed by atoms with Gasteiger partial charge in [0.25, 0.3) is 0 Å². The second-order valence-electron chi connectivity index (χ2n) is 5.09. The maximum atomic E-state index is 12.1. The summed E-state index contributed by atoms with van der Waals surface area (Å²) in [5, 5.41) is 4.34. The fourth-order valence-electron chi connectivity index (χ4n) is 2.10. The predicted molar refractivity (Wildman–Crippen MR) is 90.6 cm³/mol. The number of halogens is 1. The Hall–Kier alpha value is -2.22. The molecule has 0 atom stereocenters. The zero-order chi connectivity index (χ0) is 17.0. The van der Waals surface area contributed by atoms with Crippen molar-refractivity contribution >= 4 is 21.6 Å². The Kier molecular flexibility index (Phi) is 4.94. The molecule has 3 aromatic rings. The van der Waals surface area contributed by atoms with Crippen LogP contribution in [0.4, 0.5) is 0 Å². The maximum Gasteiger partial charge on any atom is 0.242 e. The molecular formula is C16H14ClN3O3S. The lowest BCUT2D eigenvalue weighted by Gasteiger charge is -2.05. The fraction of sp³-hybridized carbons (Fsp3) is 0.125. The maximum absolute atomic E-state index is 12.1. The van der Waals surface area contributed by atoms with Crippen molar-refractivity contribution in [3.05, 3.63) is 71.1 Å². The highest BCUT2D eigenvalue weighted by Crippen LogP contribution is 2.15. The summed E-state index contributed by atoms with van der Waals surface area (Å²) in [4.78, 5) is 4.18. The molecule has 24 heavy (non-hydrogen) atoms. The lowest BCUT2D eigenvalue weighted by atomic mass is 10.2. The summed E-state index contributed by atoms with van der Waals surface area (Å²) in [6, 6.07) is 16.0. The molecule has 0 aliphatic heterocycles. The van der Waals surface area contributed by atoms with Crippen LogP contribution in [0.5, 0.6) is 0 Å². The number of rotatable bonds is 6. The van der Waals surface area contributed by atoms with Gasteiger partial charge in [-0.2, -0.15) is 4.98 Å². The second-order valence-corrected chi connectivity index (χ2v) is 7.33. The summed E-state index contributed by atoms with van der Waals surface area (Å²) in [7, 11) is -3.54. The molecule has 0 aliphatic carbocycles. The number of sulfonamides is 1. The monoisotopic (exact) mass is 363 g/mol. The third-order valence-corrected chi connectivity index (χ3v) is 4.72. The highest BCUT2D eigenvalue weighted by Gasteiger charge is 2.15. The normalized spacial score (nSPS) is 11.5. The van der Waals surface area contributed by atoms with E-state index in [0.717, 1.165) is 5.56 Å². The lowest BCUT2D eigenvalue weighted by Crippen LogP contribution is -2.24. The van der Waals surface area contributed by atoms with Crippen LogP contribution in [-0.4, -0.2) is 18.6 Å². The van der Waals surface area contributed by atoms with E-state index in [0.29, 0.717) is 16.4 Å². The Morgan fingerprint density at radius 1 is 1.08 bits per heavy atom. The summed E-state index contributed by atoms with van der Waals surface area (Å²) in [5.74, 6) is 0.441. The molecule has 0 fully saturated rings. The highest BCUT2D eigenvalue weighted by atomic mass is 35.5. The fourth-order valence-corrected chi connectivity index (χ4v) is 3.38. The molecule has 0 amide bonds. The van der Waals surface area contributed by atoms with E-state index in [-0.39, 0.29) is 18.2 Å². The smallest absolute Gasteiger partial charge is 0.242 e. The van der Waals surface area contributed by atoms with E-state index in [1.807, 2.05) is 30.3 Å². The van der Waals surface area contributed by atoms with E-state index in [1.54, 1.807) is 24.3 Å². The first-order valence-corrected chi connectivity index (χ1v) is 9.15. The quantitative estimate of drug-likeness (QED) is 0.727. The molecule has 1 heterocycles. The Morgan fingerprint density at radius 2 is 1.88 bits per heavy atom. The first-order valence-electron chi connectivity index (χ1n) is 7.12. The van der Waals surface area contributed by atoms with Crippen LogP contribution < -0.4 is 4.72 Å². The van der Waals surface area contributed by atoms with Crippen LogP contribution in [0.25, 0.3) is 11.4 Å². The molecule has 2 aromatic carbocycles. The number of hydrogen-bond acceptors (Lipinski definition) is 5. The topological polar surface area (TPSA) is 85.1 Å². The molecule has 0 unspecified atom stereocenters. The van der Waals surface area contributed by atoms with Gasteiger partial charge in [-0.1, -0.05) is 59.2 Å². The molecular weight excluding hydrogens is 350 g/mol. The summed E-state index contributed by atoms with van der Waals surface area (Å²) >= 11 is 5.86. The first kappa shape index (κ1) is 16.6. The third-order valence-electron chi connectivity index (χ3n) is 3.19. The summed E-state index contributed by atoms with van der Waals surface area (Å²) < 4.78 is 31.8. The van der Waals surface area contributed by atoms with Crippen LogP contribution >= 0.6 is 11.6 Å². The minimum absolute atomic E-state index is 0.0667. The molecule has 124 valence electrons. The third kappa shape index (κ3) is 4.41. The van der Waals surface area contributed by atoms with Crippen LogP contribution in [0.15, 0.2) is 59.1 Å². The Labute approximate surface area is 144 Å². The van der Waals surface area contributed by atoms with Crippen molar-refractivity contribution in [2.75, 3.05) is 0 Å². The minimum atomic E-state index is -3.54. The minimum Gasteiger partial charge on any atom is -0.338 e. The number of nitrogens with zero attached hydrogens (tertiary/aromatic N) is 2. The second kappa shape index (κ2) is 7.12. The van der Waals surface area contributed by atoms with E-state index >= 15 is 0 Å². The Bertz CT molecular complexity index is 927. The Morgan fingerprint density at radius 3 is 2.62 bits per heavy atom. The van der Waals surface area contributed by atoms with Gasteiger partial charge in [-0.3, -0.25) is 0 Å². The van der Waals surface area contributed by atoms with Gasteiger partial charge in [0.1, 0.15) is 0 Å². The molecule has 0 saturated carbocycles. The SMILES string of the molecule is O=S(=O)(Cc1cccc(Cl)c1)NCc1nc(-c2ccccc2)no1. The number of benzene rings is 2. The molecule has 1 N–H and O–H groups in total. The molecule has 1 aromatic heterocycles. The van der Waals surface area contributed by atoms with E-state index in [4.69, 9.17) is 16.1 Å². The van der Waals surface area contributed by atoms with Gasteiger partial charge in [0.2, 0.25) is 21.7 Å². The molecule has 8 heteroatoms. The van der Waals surface area contributed by atoms with Crippen molar-refractivity contribution in [2.45, 2.75) is 12.3 Å². The van der Waals surface area contributed by atoms with Gasteiger partial charge in [-0.15, -0.1) is 0 Å². The average Bonchev–Trinajstić information content (AvgIpc) is 3.03. The van der Waals surface area contributed by atoms with Gasteiger partial charge in [0.15, 0.2) is 0 Å². The zero-order valence-corrected chi connectivity index (χ0v) is 14.1. The molecule has 0 bridgehead atoms. The van der Waals surface area contributed by atoms with Crippen molar-refractivity contribution in [1.29, 1.82) is 0 Å². The van der Waals surface area contributed by atoms with Gasteiger partial charge in [-0.05, 0) is 17.7 Å². The lowest BCUT2D eigenvalue weighted by molar-refractivity contribution is 0.376. The van der Waals surface area contributed by atoms with E-state index in [2.05, 4.69) is 14.9 Å². The molecule has 6 nitrogen and oxygen atoms in total. The van der Waals surface area contributed by atoms with Crippen molar-refractivity contribution < 1.29 is 12.9 Å². The number of aromatic nitrogens is 2. The summed E-state index contributed by atoms with van der Waals surface area (Å²) in [5.41, 5.74) is 1.40. The molecule has 0 radical (unpaired) electrons. The van der Waals surface area contributed by atoms with Gasteiger partial charge >= 0.3 is 0 Å². The largest absolute Gasteiger partial charge is 0.338 e. The van der Waals surface area contributed by atoms with Crippen LogP contribution in [0.1, 0.15) is 11.5 Å². The van der Waals surface area contributed by atoms with Gasteiger partial charge in [0, 0.05) is 10.6 Å². The Balaban J connectivity index is 1.64. The van der Waals surface area contributed by atoms with Crippen LogP contribution in [0.3, 0.4) is 0 Å². The van der Waals surface area contributed by atoms with Crippen molar-refractivity contribution in [3.8, 4) is 11.4 Å². The van der Waals surface area contributed by atoms with E-state index < -0.39 is 10.0 Å². The average molecular weight is 364 g/mol. The predicted octanol–water partition coefficient (Wildman–Crippen LogP) is 3.01. The van der Waals surface area contributed by atoms with Gasteiger partial charge < -0.3 is 4.52 Å². The molecule has 3 rings (SSSR count). The van der Waals surface area contributed by atoms with Gasteiger partial charge in [0.05, 0.1) is 12.3 Å². The first-order chi connectivity index (χ1) is 11.5. The van der Waals surface area contributed by atoms with Crippen LogP contribution in [-0.2, 0) is 22.3 Å². The molecule has 0 aliphatic rings. The highest BCUT2D eigenvalue weighted by molar-refractivity contribution is 7.88. The summed E-state index contributed by atoms with van der Waals surface area (Å²) in [6.07, 6.45) is 0. The van der Waals surface area contributed by atoms with Crippen molar-refractivity contribution in [3.63, 3.8) is 0 Å². The van der Waals surface area contributed by atoms with Crippen LogP contribution in [0, 0.1) is 0 Å². The molecule has 0 saturated heterocycles. The standard InChI is InChI=1S/C16H14ClN3O3S/c17-14-8-4-5-12(9-14)11-24(21,22)18-10-15-19-16(20-23-15)13-6-2-1-3-7-13/h1-9,18H,10-11H2. The van der Waals surface area contributed by atoms with Crippen LogP contribution in [0.2, 0.25) is 5.02 Å². The number of hydrogen-bond donors (Lipinski definition) is 1. The number of nitrogens with one attached hydrogen (secondary N) is 1. The van der Waals surface area contributed by atoms with E-state index in [9.17, 15) is 8.42 Å². The van der Waals surface area contributed by atoms with Crippen molar-refractivity contribution in [1.82, 2.24) is 14.9 Å². The summed E-state index contributed by atoms with van der Waals surface area (Å²) in [6.45, 7) is -0.0667. The van der Waals surface area contributed by atoms with E-state index in [1.165, 1.54) is 0 Å². The molecule has 0 spiro atoms. The zero-order valence-electron chi connectivity index (χ0n) is 12.5. The van der Waals surface area contributed by atoms with Crippen molar-refractivity contribution in [2.24, 2.45) is 0 Å². The van der Waals surface area contributed by atoms with Gasteiger partial charge in [-0.25, -0.2) is 13.1 Å².